The number of rotatable bonds is 3. The molecule has 1 amide bonds. The van der Waals surface area contributed by atoms with Crippen molar-refractivity contribution in [3.63, 3.8) is 0 Å². The quantitative estimate of drug-likeness (QED) is 0.874. The fourth-order valence-electron chi connectivity index (χ4n) is 3.21. The Morgan fingerprint density at radius 3 is 2.86 bits per heavy atom. The highest BCUT2D eigenvalue weighted by Gasteiger charge is 2.28. The van der Waals surface area contributed by atoms with Crippen molar-refractivity contribution >= 4 is 5.91 Å². The maximum Gasteiger partial charge on any atom is 0.219 e. The van der Waals surface area contributed by atoms with E-state index in [9.17, 15) is 4.79 Å². The SMILES string of the molecule is CC(=O)N1CCCC1c1ccnc(-c2ccnn2C(C)C)c1. The van der Waals surface area contributed by atoms with Crippen LogP contribution in [0, 0.1) is 0 Å². The van der Waals surface area contributed by atoms with E-state index in [4.69, 9.17) is 0 Å². The Hall–Kier alpha value is -2.17. The highest BCUT2D eigenvalue weighted by molar-refractivity contribution is 5.74. The summed E-state index contributed by atoms with van der Waals surface area (Å²) in [5.41, 5.74) is 3.09. The number of hydrogen-bond donors (Lipinski definition) is 0. The zero-order valence-electron chi connectivity index (χ0n) is 13.4. The molecule has 0 bridgehead atoms. The number of carbonyl (C=O) groups is 1. The summed E-state index contributed by atoms with van der Waals surface area (Å²) in [6.07, 6.45) is 5.72. The zero-order chi connectivity index (χ0) is 15.7. The standard InChI is InChI=1S/C17H22N4O/c1-12(2)21-17(7-9-19-21)15-11-14(6-8-18-15)16-5-4-10-20(16)13(3)22/h6-9,11-12,16H,4-5,10H2,1-3H3. The molecular weight excluding hydrogens is 276 g/mol. The molecule has 1 fully saturated rings. The van der Waals surface area contributed by atoms with Gasteiger partial charge in [-0.1, -0.05) is 0 Å². The molecule has 2 aromatic rings. The lowest BCUT2D eigenvalue weighted by Gasteiger charge is -2.24. The predicted molar refractivity (Wildman–Crippen MR) is 85.2 cm³/mol. The van der Waals surface area contributed by atoms with Crippen LogP contribution >= 0.6 is 0 Å². The van der Waals surface area contributed by atoms with Crippen LogP contribution < -0.4 is 0 Å². The van der Waals surface area contributed by atoms with Gasteiger partial charge in [0.2, 0.25) is 5.91 Å². The molecule has 5 nitrogen and oxygen atoms in total. The molecule has 2 aromatic heterocycles. The fraction of sp³-hybridized carbons (Fsp3) is 0.471. The molecule has 3 rings (SSSR count). The molecule has 0 aliphatic carbocycles. The molecule has 1 saturated heterocycles. The summed E-state index contributed by atoms with van der Waals surface area (Å²) in [4.78, 5) is 18.2. The molecule has 0 aromatic carbocycles. The third kappa shape index (κ3) is 2.63. The molecule has 3 heterocycles. The van der Waals surface area contributed by atoms with Crippen LogP contribution in [0.5, 0.6) is 0 Å². The second-order valence-corrected chi connectivity index (χ2v) is 6.10. The Kier molecular flexibility index (Phi) is 3.96. The highest BCUT2D eigenvalue weighted by Crippen LogP contribution is 2.33. The summed E-state index contributed by atoms with van der Waals surface area (Å²) in [6, 6.07) is 6.57. The van der Waals surface area contributed by atoms with Gasteiger partial charge in [0.05, 0.1) is 17.4 Å². The van der Waals surface area contributed by atoms with Crippen molar-refractivity contribution in [2.24, 2.45) is 0 Å². The summed E-state index contributed by atoms with van der Waals surface area (Å²) >= 11 is 0. The second-order valence-electron chi connectivity index (χ2n) is 6.10. The molecule has 116 valence electrons. The van der Waals surface area contributed by atoms with Crippen LogP contribution in [0.2, 0.25) is 0 Å². The largest absolute Gasteiger partial charge is 0.336 e. The lowest BCUT2D eigenvalue weighted by Crippen LogP contribution is -2.28. The van der Waals surface area contributed by atoms with Crippen molar-refractivity contribution in [3.8, 4) is 11.4 Å². The summed E-state index contributed by atoms with van der Waals surface area (Å²) < 4.78 is 1.98. The average Bonchev–Trinajstić information content (AvgIpc) is 3.16. The van der Waals surface area contributed by atoms with Gasteiger partial charge in [0, 0.05) is 31.9 Å². The molecule has 0 N–H and O–H groups in total. The van der Waals surface area contributed by atoms with Gasteiger partial charge >= 0.3 is 0 Å². The summed E-state index contributed by atoms with van der Waals surface area (Å²) in [5.74, 6) is 0.146. The van der Waals surface area contributed by atoms with E-state index < -0.39 is 0 Å². The van der Waals surface area contributed by atoms with E-state index in [-0.39, 0.29) is 18.0 Å². The zero-order valence-corrected chi connectivity index (χ0v) is 13.4. The van der Waals surface area contributed by atoms with Crippen LogP contribution in [0.15, 0.2) is 30.6 Å². The maximum atomic E-state index is 11.8. The van der Waals surface area contributed by atoms with Crippen molar-refractivity contribution in [2.75, 3.05) is 6.54 Å². The number of carbonyl (C=O) groups excluding carboxylic acids is 1. The van der Waals surface area contributed by atoms with Crippen LogP contribution in [-0.2, 0) is 4.79 Å². The average molecular weight is 298 g/mol. The summed E-state index contributed by atoms with van der Waals surface area (Å²) in [5, 5.41) is 4.37. The van der Waals surface area contributed by atoms with E-state index in [0.717, 1.165) is 36.3 Å². The number of hydrogen-bond acceptors (Lipinski definition) is 3. The lowest BCUT2D eigenvalue weighted by atomic mass is 10.0. The molecule has 5 heteroatoms. The highest BCUT2D eigenvalue weighted by atomic mass is 16.2. The number of pyridine rings is 1. The van der Waals surface area contributed by atoms with Crippen LogP contribution in [0.1, 0.15) is 51.3 Å². The Balaban J connectivity index is 1.96. The third-order valence-corrected chi connectivity index (χ3v) is 4.25. The number of aromatic nitrogens is 3. The molecule has 0 saturated carbocycles. The van der Waals surface area contributed by atoms with Crippen molar-refractivity contribution in [3.05, 3.63) is 36.2 Å². The first-order valence-corrected chi connectivity index (χ1v) is 7.85. The van der Waals surface area contributed by atoms with E-state index in [1.54, 1.807) is 13.1 Å². The normalized spacial score (nSPS) is 18.2. The minimum Gasteiger partial charge on any atom is -0.336 e. The molecule has 1 atom stereocenters. The topological polar surface area (TPSA) is 51.0 Å². The molecule has 0 radical (unpaired) electrons. The Labute approximate surface area is 131 Å². The molecule has 1 unspecified atom stereocenters. The van der Waals surface area contributed by atoms with Crippen molar-refractivity contribution < 1.29 is 4.79 Å². The van der Waals surface area contributed by atoms with Gasteiger partial charge in [-0.15, -0.1) is 0 Å². The minimum absolute atomic E-state index is 0.146. The van der Waals surface area contributed by atoms with E-state index in [1.165, 1.54) is 0 Å². The summed E-state index contributed by atoms with van der Waals surface area (Å²) in [7, 11) is 0. The van der Waals surface area contributed by atoms with E-state index in [1.807, 2.05) is 27.9 Å². The smallest absolute Gasteiger partial charge is 0.219 e. The van der Waals surface area contributed by atoms with Gasteiger partial charge in [-0.25, -0.2) is 0 Å². The number of amides is 1. The summed E-state index contributed by atoms with van der Waals surface area (Å²) in [6.45, 7) is 6.71. The van der Waals surface area contributed by atoms with E-state index in [2.05, 4.69) is 30.0 Å². The van der Waals surface area contributed by atoms with Crippen molar-refractivity contribution in [1.29, 1.82) is 0 Å². The molecule has 22 heavy (non-hydrogen) atoms. The fourth-order valence-corrected chi connectivity index (χ4v) is 3.21. The van der Waals surface area contributed by atoms with E-state index >= 15 is 0 Å². The van der Waals surface area contributed by atoms with Crippen LogP contribution in [0.25, 0.3) is 11.4 Å². The predicted octanol–water partition coefficient (Wildman–Crippen LogP) is 3.21. The van der Waals surface area contributed by atoms with Gasteiger partial charge in [-0.05, 0) is 50.5 Å². The van der Waals surface area contributed by atoms with Crippen LogP contribution in [-0.4, -0.2) is 32.1 Å². The maximum absolute atomic E-state index is 11.8. The molecule has 0 spiro atoms. The Bertz CT molecular complexity index is 677. The Morgan fingerprint density at radius 1 is 1.32 bits per heavy atom. The van der Waals surface area contributed by atoms with Crippen molar-refractivity contribution in [1.82, 2.24) is 19.7 Å². The Morgan fingerprint density at radius 2 is 2.14 bits per heavy atom. The number of nitrogens with zero attached hydrogens (tertiary/aromatic N) is 4. The van der Waals surface area contributed by atoms with Gasteiger partial charge < -0.3 is 4.90 Å². The van der Waals surface area contributed by atoms with Gasteiger partial charge in [-0.2, -0.15) is 5.10 Å². The number of likely N-dealkylation sites (tertiary alicyclic amines) is 1. The molecular formula is C17H22N4O. The first kappa shape index (κ1) is 14.8. The lowest BCUT2D eigenvalue weighted by molar-refractivity contribution is -0.129. The van der Waals surface area contributed by atoms with Gasteiger partial charge in [0.15, 0.2) is 0 Å². The van der Waals surface area contributed by atoms with E-state index in [0.29, 0.717) is 0 Å². The van der Waals surface area contributed by atoms with Crippen LogP contribution in [0.4, 0.5) is 0 Å². The van der Waals surface area contributed by atoms with Gasteiger partial charge in [0.1, 0.15) is 0 Å². The third-order valence-electron chi connectivity index (χ3n) is 4.25. The first-order chi connectivity index (χ1) is 10.6. The minimum atomic E-state index is 0.146. The van der Waals surface area contributed by atoms with Gasteiger partial charge in [0.25, 0.3) is 0 Å². The second kappa shape index (κ2) is 5.91. The molecule has 1 aliphatic rings. The van der Waals surface area contributed by atoms with Crippen molar-refractivity contribution in [2.45, 2.75) is 45.7 Å². The first-order valence-electron chi connectivity index (χ1n) is 7.85. The monoisotopic (exact) mass is 298 g/mol. The van der Waals surface area contributed by atoms with Crippen LogP contribution in [0.3, 0.4) is 0 Å². The molecule has 1 aliphatic heterocycles. The van der Waals surface area contributed by atoms with Gasteiger partial charge in [-0.3, -0.25) is 14.5 Å².